The van der Waals surface area contributed by atoms with Crippen molar-refractivity contribution in [2.24, 2.45) is 11.8 Å². The van der Waals surface area contributed by atoms with Crippen molar-refractivity contribution in [1.29, 1.82) is 0 Å². The summed E-state index contributed by atoms with van der Waals surface area (Å²) in [6.45, 7) is 2.01. The van der Waals surface area contributed by atoms with Gasteiger partial charge in [-0.15, -0.1) is 0 Å². The van der Waals surface area contributed by atoms with Crippen molar-refractivity contribution in [2.75, 3.05) is 7.11 Å². The van der Waals surface area contributed by atoms with E-state index in [9.17, 15) is 9.59 Å². The first-order valence-electron chi connectivity index (χ1n) is 6.06. The molecule has 1 heterocycles. The number of benzene rings is 1. The molecule has 1 aromatic carbocycles. The van der Waals surface area contributed by atoms with Crippen LogP contribution in [0.5, 0.6) is 5.75 Å². The molecule has 0 saturated carbocycles. The number of carbonyl (C=O) groups excluding carboxylic acids is 2. The van der Waals surface area contributed by atoms with Crippen LogP contribution in [0.1, 0.15) is 18.9 Å². The van der Waals surface area contributed by atoms with E-state index >= 15 is 0 Å². The molecule has 2 amide bonds. The van der Waals surface area contributed by atoms with Gasteiger partial charge in [0.15, 0.2) is 0 Å². The third-order valence-electron chi connectivity index (χ3n) is 3.41. The highest BCUT2D eigenvalue weighted by Gasteiger charge is 2.34. The lowest BCUT2D eigenvalue weighted by atomic mass is 9.87. The highest BCUT2D eigenvalue weighted by molar-refractivity contribution is 6.03. The first-order chi connectivity index (χ1) is 8.60. The molecule has 2 unspecified atom stereocenters. The Morgan fingerprint density at radius 2 is 2.00 bits per heavy atom. The fourth-order valence-corrected chi connectivity index (χ4v) is 2.31. The van der Waals surface area contributed by atoms with Crippen LogP contribution in [0.4, 0.5) is 0 Å². The Hall–Kier alpha value is -1.84. The summed E-state index contributed by atoms with van der Waals surface area (Å²) < 4.78 is 5.10. The number of rotatable bonds is 4. The van der Waals surface area contributed by atoms with Gasteiger partial charge in [-0.05, 0) is 30.0 Å². The van der Waals surface area contributed by atoms with Crippen molar-refractivity contribution in [3.8, 4) is 5.75 Å². The Labute approximate surface area is 106 Å². The number of nitrogens with one attached hydrogen (secondary N) is 1. The van der Waals surface area contributed by atoms with Gasteiger partial charge in [0, 0.05) is 12.3 Å². The molecule has 1 aromatic rings. The van der Waals surface area contributed by atoms with E-state index in [2.05, 4.69) is 5.32 Å². The Balaban J connectivity index is 2.00. The summed E-state index contributed by atoms with van der Waals surface area (Å²) in [4.78, 5) is 22.7. The second-order valence-electron chi connectivity index (χ2n) is 4.75. The molecule has 4 nitrogen and oxygen atoms in total. The molecule has 0 aliphatic carbocycles. The van der Waals surface area contributed by atoms with Crippen LogP contribution in [0.25, 0.3) is 0 Å². The monoisotopic (exact) mass is 247 g/mol. The minimum Gasteiger partial charge on any atom is -0.497 e. The Morgan fingerprint density at radius 1 is 1.33 bits per heavy atom. The molecule has 2 rings (SSSR count). The maximum atomic E-state index is 11.6. The normalized spacial score (nSPS) is 20.7. The molecule has 2 atom stereocenters. The lowest BCUT2D eigenvalue weighted by Crippen LogP contribution is -2.25. The molecule has 4 heteroatoms. The van der Waals surface area contributed by atoms with Gasteiger partial charge in [-0.2, -0.15) is 0 Å². The van der Waals surface area contributed by atoms with Gasteiger partial charge < -0.3 is 4.74 Å². The maximum Gasteiger partial charge on any atom is 0.230 e. The molecule has 18 heavy (non-hydrogen) atoms. The molecular weight excluding hydrogens is 230 g/mol. The summed E-state index contributed by atoms with van der Waals surface area (Å²) in [5.41, 5.74) is 1.15. The summed E-state index contributed by atoms with van der Waals surface area (Å²) in [6, 6.07) is 7.79. The summed E-state index contributed by atoms with van der Waals surface area (Å²) in [6.07, 6.45) is 1.10. The minimum atomic E-state index is -0.195. The standard InChI is InChI=1S/C14H17NO3/c1-9(12-8-13(16)15-14(12)17)7-10-3-5-11(18-2)6-4-10/h3-6,9,12H,7-8H2,1-2H3,(H,15,16,17). The van der Waals surface area contributed by atoms with Crippen LogP contribution in [-0.4, -0.2) is 18.9 Å². The van der Waals surface area contributed by atoms with Crippen LogP contribution in [0, 0.1) is 11.8 Å². The fourth-order valence-electron chi connectivity index (χ4n) is 2.31. The second kappa shape index (κ2) is 5.21. The van der Waals surface area contributed by atoms with E-state index in [-0.39, 0.29) is 23.7 Å². The van der Waals surface area contributed by atoms with E-state index in [1.165, 1.54) is 0 Å². The predicted octanol–water partition coefficient (Wildman–Crippen LogP) is 1.54. The van der Waals surface area contributed by atoms with Crippen LogP contribution in [-0.2, 0) is 16.0 Å². The van der Waals surface area contributed by atoms with Crippen LogP contribution in [0.3, 0.4) is 0 Å². The predicted molar refractivity (Wildman–Crippen MR) is 67.1 cm³/mol. The topological polar surface area (TPSA) is 55.4 Å². The number of methoxy groups -OCH3 is 1. The highest BCUT2D eigenvalue weighted by Crippen LogP contribution is 2.24. The summed E-state index contributed by atoms with van der Waals surface area (Å²) in [7, 11) is 1.63. The second-order valence-corrected chi connectivity index (χ2v) is 4.75. The smallest absolute Gasteiger partial charge is 0.230 e. The zero-order valence-corrected chi connectivity index (χ0v) is 10.6. The molecule has 96 valence electrons. The zero-order chi connectivity index (χ0) is 13.1. The molecule has 1 aliphatic heterocycles. The molecule has 1 aliphatic rings. The molecule has 1 saturated heterocycles. The van der Waals surface area contributed by atoms with E-state index in [1.54, 1.807) is 7.11 Å². The first kappa shape index (κ1) is 12.6. The van der Waals surface area contributed by atoms with Gasteiger partial charge in [-0.1, -0.05) is 19.1 Å². The van der Waals surface area contributed by atoms with Crippen molar-refractivity contribution in [1.82, 2.24) is 5.32 Å². The molecule has 1 fully saturated rings. The van der Waals surface area contributed by atoms with E-state index in [1.807, 2.05) is 31.2 Å². The van der Waals surface area contributed by atoms with E-state index < -0.39 is 0 Å². The summed E-state index contributed by atoms with van der Waals surface area (Å²) in [5.74, 6) is 0.484. The summed E-state index contributed by atoms with van der Waals surface area (Å²) in [5, 5.41) is 2.35. The van der Waals surface area contributed by atoms with Gasteiger partial charge in [0.05, 0.1) is 7.11 Å². The average molecular weight is 247 g/mol. The number of hydrogen-bond acceptors (Lipinski definition) is 3. The van der Waals surface area contributed by atoms with E-state index in [0.717, 1.165) is 17.7 Å². The first-order valence-corrected chi connectivity index (χ1v) is 6.06. The molecular formula is C14H17NO3. The molecule has 0 bridgehead atoms. The number of carbonyl (C=O) groups is 2. The van der Waals surface area contributed by atoms with Gasteiger partial charge in [-0.25, -0.2) is 0 Å². The van der Waals surface area contributed by atoms with Gasteiger partial charge in [-0.3, -0.25) is 14.9 Å². The van der Waals surface area contributed by atoms with Crippen molar-refractivity contribution in [3.63, 3.8) is 0 Å². The number of hydrogen-bond donors (Lipinski definition) is 1. The van der Waals surface area contributed by atoms with Gasteiger partial charge in [0.2, 0.25) is 11.8 Å². The SMILES string of the molecule is COc1ccc(CC(C)C2CC(=O)NC2=O)cc1. The van der Waals surface area contributed by atoms with Gasteiger partial charge in [0.1, 0.15) is 5.75 Å². The maximum absolute atomic E-state index is 11.6. The van der Waals surface area contributed by atoms with Gasteiger partial charge in [0.25, 0.3) is 0 Å². The third-order valence-corrected chi connectivity index (χ3v) is 3.41. The minimum absolute atomic E-state index is 0.138. The quantitative estimate of drug-likeness (QED) is 0.821. The van der Waals surface area contributed by atoms with Crippen molar-refractivity contribution in [2.45, 2.75) is 19.8 Å². The Bertz CT molecular complexity index is 453. The largest absolute Gasteiger partial charge is 0.497 e. The van der Waals surface area contributed by atoms with Crippen LogP contribution >= 0.6 is 0 Å². The van der Waals surface area contributed by atoms with Crippen LogP contribution in [0.2, 0.25) is 0 Å². The average Bonchev–Trinajstić information content (AvgIpc) is 2.69. The molecule has 0 spiro atoms. The van der Waals surface area contributed by atoms with E-state index in [4.69, 9.17) is 4.74 Å². The number of amides is 2. The van der Waals surface area contributed by atoms with Crippen molar-refractivity contribution >= 4 is 11.8 Å². The van der Waals surface area contributed by atoms with E-state index in [0.29, 0.717) is 6.42 Å². The zero-order valence-electron chi connectivity index (χ0n) is 10.6. The van der Waals surface area contributed by atoms with Crippen LogP contribution in [0.15, 0.2) is 24.3 Å². The lowest BCUT2D eigenvalue weighted by molar-refractivity contribution is -0.126. The number of ether oxygens (including phenoxy) is 1. The van der Waals surface area contributed by atoms with Gasteiger partial charge >= 0.3 is 0 Å². The third kappa shape index (κ3) is 2.70. The van der Waals surface area contributed by atoms with Crippen molar-refractivity contribution < 1.29 is 14.3 Å². The highest BCUT2D eigenvalue weighted by atomic mass is 16.5. The summed E-state index contributed by atoms with van der Waals surface area (Å²) >= 11 is 0. The lowest BCUT2D eigenvalue weighted by Gasteiger charge is -2.16. The Kier molecular flexibility index (Phi) is 3.65. The van der Waals surface area contributed by atoms with Crippen LogP contribution < -0.4 is 10.1 Å². The molecule has 0 radical (unpaired) electrons. The molecule has 0 aromatic heterocycles. The number of imide groups is 1. The molecule has 1 N–H and O–H groups in total. The van der Waals surface area contributed by atoms with Crippen molar-refractivity contribution in [3.05, 3.63) is 29.8 Å². The Morgan fingerprint density at radius 3 is 2.50 bits per heavy atom. The fraction of sp³-hybridized carbons (Fsp3) is 0.429.